The van der Waals surface area contributed by atoms with E-state index >= 15 is 0 Å². The predicted octanol–water partition coefficient (Wildman–Crippen LogP) is -0.0661. The molecule has 0 aromatic heterocycles. The second-order valence-corrected chi connectivity index (χ2v) is 5.24. The Hall–Kier alpha value is -1.10. The largest absolute Gasteiger partial charge is 0.396 e. The summed E-state index contributed by atoms with van der Waals surface area (Å²) < 4.78 is 0. The molecule has 2 amide bonds. The first kappa shape index (κ1) is 12.4. The van der Waals surface area contributed by atoms with Crippen LogP contribution in [0.15, 0.2) is 0 Å². The number of hydrogen-bond acceptors (Lipinski definition) is 3. The van der Waals surface area contributed by atoms with Crippen LogP contribution < -0.4 is 10.6 Å². The van der Waals surface area contributed by atoms with E-state index in [1.807, 2.05) is 0 Å². The van der Waals surface area contributed by atoms with Gasteiger partial charge in [-0.1, -0.05) is 12.8 Å². The van der Waals surface area contributed by atoms with E-state index in [0.29, 0.717) is 19.4 Å². The summed E-state index contributed by atoms with van der Waals surface area (Å²) in [5, 5.41) is 14.9. The SMILES string of the molecule is O=C1CC[C@@H](C(=O)NCC2(CO)CCCC2)N1. The van der Waals surface area contributed by atoms with Crippen molar-refractivity contribution < 1.29 is 14.7 Å². The quantitative estimate of drug-likeness (QED) is 0.644. The van der Waals surface area contributed by atoms with Gasteiger partial charge in [0.2, 0.25) is 11.8 Å². The van der Waals surface area contributed by atoms with Crippen LogP contribution in [0.4, 0.5) is 0 Å². The third-order valence-electron chi connectivity index (χ3n) is 3.95. The topological polar surface area (TPSA) is 78.4 Å². The Bertz CT molecular complexity index is 311. The summed E-state index contributed by atoms with van der Waals surface area (Å²) in [5.74, 6) is -0.168. The van der Waals surface area contributed by atoms with Gasteiger partial charge in [0.1, 0.15) is 6.04 Å². The van der Waals surface area contributed by atoms with E-state index in [9.17, 15) is 14.7 Å². The van der Waals surface area contributed by atoms with E-state index in [1.54, 1.807) is 0 Å². The molecule has 2 fully saturated rings. The first-order valence-corrected chi connectivity index (χ1v) is 6.33. The Morgan fingerprint density at radius 2 is 2.18 bits per heavy atom. The Morgan fingerprint density at radius 1 is 1.47 bits per heavy atom. The van der Waals surface area contributed by atoms with Crippen LogP contribution in [0.25, 0.3) is 0 Å². The van der Waals surface area contributed by atoms with E-state index in [-0.39, 0.29) is 29.9 Å². The van der Waals surface area contributed by atoms with E-state index < -0.39 is 0 Å². The first-order chi connectivity index (χ1) is 8.15. The number of carbonyl (C=O) groups is 2. The van der Waals surface area contributed by atoms with Gasteiger partial charge in [0, 0.05) is 18.4 Å². The molecule has 96 valence electrons. The molecule has 1 saturated heterocycles. The second kappa shape index (κ2) is 5.04. The molecule has 5 heteroatoms. The number of hydrogen-bond donors (Lipinski definition) is 3. The summed E-state index contributed by atoms with van der Waals surface area (Å²) in [7, 11) is 0. The highest BCUT2D eigenvalue weighted by atomic mass is 16.3. The molecule has 0 bridgehead atoms. The number of carbonyl (C=O) groups excluding carboxylic acids is 2. The lowest BCUT2D eigenvalue weighted by Gasteiger charge is -2.27. The minimum Gasteiger partial charge on any atom is -0.396 e. The molecule has 3 N–H and O–H groups in total. The van der Waals surface area contributed by atoms with Crippen molar-refractivity contribution in [2.24, 2.45) is 5.41 Å². The molecule has 1 atom stereocenters. The van der Waals surface area contributed by atoms with Gasteiger partial charge < -0.3 is 15.7 Å². The third kappa shape index (κ3) is 2.77. The van der Waals surface area contributed by atoms with Crippen molar-refractivity contribution in [1.82, 2.24) is 10.6 Å². The average Bonchev–Trinajstić information content (AvgIpc) is 2.95. The normalized spacial score (nSPS) is 26.9. The molecule has 0 aromatic rings. The van der Waals surface area contributed by atoms with Crippen molar-refractivity contribution >= 4 is 11.8 Å². The third-order valence-corrected chi connectivity index (χ3v) is 3.95. The molecule has 17 heavy (non-hydrogen) atoms. The molecule has 0 aromatic carbocycles. The highest BCUT2D eigenvalue weighted by Gasteiger charge is 2.35. The molecular formula is C12H20N2O3. The number of rotatable bonds is 4. The molecule has 0 unspecified atom stereocenters. The molecule has 1 aliphatic heterocycles. The first-order valence-electron chi connectivity index (χ1n) is 6.33. The standard InChI is InChI=1S/C12H20N2O3/c15-8-12(5-1-2-6-12)7-13-11(17)9-3-4-10(16)14-9/h9,15H,1-8H2,(H,13,17)(H,14,16)/t9-/m0/s1. The Balaban J connectivity index is 1.81. The van der Waals surface area contributed by atoms with Crippen LogP contribution in [-0.4, -0.2) is 36.1 Å². The van der Waals surface area contributed by atoms with Crippen LogP contribution >= 0.6 is 0 Å². The molecule has 0 radical (unpaired) electrons. The number of aliphatic hydroxyl groups is 1. The predicted molar refractivity (Wildman–Crippen MR) is 62.2 cm³/mol. The van der Waals surface area contributed by atoms with Gasteiger partial charge in [0.25, 0.3) is 0 Å². The monoisotopic (exact) mass is 240 g/mol. The zero-order chi connectivity index (χ0) is 12.3. The van der Waals surface area contributed by atoms with E-state index in [1.165, 1.54) is 0 Å². The fraction of sp³-hybridized carbons (Fsp3) is 0.833. The fourth-order valence-electron chi connectivity index (χ4n) is 2.72. The van der Waals surface area contributed by atoms with Crippen LogP contribution in [0.5, 0.6) is 0 Å². The van der Waals surface area contributed by atoms with Crippen LogP contribution in [0.2, 0.25) is 0 Å². The number of nitrogens with one attached hydrogen (secondary N) is 2. The maximum Gasteiger partial charge on any atom is 0.242 e. The van der Waals surface area contributed by atoms with Crippen molar-refractivity contribution in [2.45, 2.75) is 44.6 Å². The molecule has 0 spiro atoms. The molecule has 5 nitrogen and oxygen atoms in total. The van der Waals surface area contributed by atoms with Gasteiger partial charge in [-0.15, -0.1) is 0 Å². The number of amides is 2. The van der Waals surface area contributed by atoms with Crippen LogP contribution in [0.1, 0.15) is 38.5 Å². The van der Waals surface area contributed by atoms with Crippen LogP contribution in [-0.2, 0) is 9.59 Å². The van der Waals surface area contributed by atoms with Gasteiger partial charge in [-0.3, -0.25) is 9.59 Å². The molecule has 2 aliphatic rings. The second-order valence-electron chi connectivity index (χ2n) is 5.24. The molecule has 1 saturated carbocycles. The summed E-state index contributed by atoms with van der Waals surface area (Å²) in [6, 6.07) is -0.375. The number of aliphatic hydroxyl groups excluding tert-OH is 1. The van der Waals surface area contributed by atoms with Crippen molar-refractivity contribution in [3.8, 4) is 0 Å². The maximum atomic E-state index is 11.8. The average molecular weight is 240 g/mol. The van der Waals surface area contributed by atoms with Gasteiger partial charge in [-0.05, 0) is 19.3 Å². The Labute approximate surface area is 101 Å². The summed E-state index contributed by atoms with van der Waals surface area (Å²) in [6.07, 6.45) is 5.20. The van der Waals surface area contributed by atoms with Crippen molar-refractivity contribution in [1.29, 1.82) is 0 Å². The molecule has 1 heterocycles. The highest BCUT2D eigenvalue weighted by Crippen LogP contribution is 2.36. The van der Waals surface area contributed by atoms with Crippen molar-refractivity contribution in [2.75, 3.05) is 13.2 Å². The Kier molecular flexibility index (Phi) is 3.66. The molecular weight excluding hydrogens is 220 g/mol. The minimum absolute atomic E-state index is 0.0529. The van der Waals surface area contributed by atoms with E-state index in [4.69, 9.17) is 0 Å². The van der Waals surface area contributed by atoms with Gasteiger partial charge in [-0.25, -0.2) is 0 Å². The lowest BCUT2D eigenvalue weighted by atomic mass is 9.87. The maximum absolute atomic E-state index is 11.8. The summed E-state index contributed by atoms with van der Waals surface area (Å²) in [6.45, 7) is 0.652. The Morgan fingerprint density at radius 3 is 2.71 bits per heavy atom. The zero-order valence-electron chi connectivity index (χ0n) is 10.00. The van der Waals surface area contributed by atoms with Gasteiger partial charge in [-0.2, -0.15) is 0 Å². The lowest BCUT2D eigenvalue weighted by molar-refractivity contribution is -0.126. The van der Waals surface area contributed by atoms with Crippen LogP contribution in [0.3, 0.4) is 0 Å². The molecule has 2 rings (SSSR count). The fourth-order valence-corrected chi connectivity index (χ4v) is 2.72. The van der Waals surface area contributed by atoms with Crippen molar-refractivity contribution in [3.05, 3.63) is 0 Å². The molecule has 1 aliphatic carbocycles. The summed E-state index contributed by atoms with van der Waals surface area (Å²) >= 11 is 0. The van der Waals surface area contributed by atoms with E-state index in [0.717, 1.165) is 25.7 Å². The lowest BCUT2D eigenvalue weighted by Crippen LogP contribution is -2.46. The van der Waals surface area contributed by atoms with Gasteiger partial charge in [0.05, 0.1) is 6.61 Å². The summed E-state index contributed by atoms with van der Waals surface area (Å²) in [5.41, 5.74) is -0.127. The van der Waals surface area contributed by atoms with E-state index in [2.05, 4.69) is 10.6 Å². The summed E-state index contributed by atoms with van der Waals surface area (Å²) in [4.78, 5) is 22.8. The zero-order valence-corrected chi connectivity index (χ0v) is 10.00. The highest BCUT2D eigenvalue weighted by molar-refractivity contribution is 5.90. The smallest absolute Gasteiger partial charge is 0.242 e. The minimum atomic E-state index is -0.375. The van der Waals surface area contributed by atoms with Crippen LogP contribution in [0, 0.1) is 5.41 Å². The van der Waals surface area contributed by atoms with Gasteiger partial charge >= 0.3 is 0 Å². The van der Waals surface area contributed by atoms with Gasteiger partial charge in [0.15, 0.2) is 0 Å². The van der Waals surface area contributed by atoms with Crippen molar-refractivity contribution in [3.63, 3.8) is 0 Å².